The van der Waals surface area contributed by atoms with Crippen molar-refractivity contribution in [2.24, 2.45) is 0 Å². The standard InChI is InChI=1S/C21H22ClFN2O2/c1-27-21-9-8-17(12-19(21)23)20-11-15(14-26)13-25(24-20)10-4-6-16-5-2-3-7-18(16)22/h2-3,5,7-9,11-13,24,26H,4,6,10,14H2,1H3. The summed E-state index contributed by atoms with van der Waals surface area (Å²) < 4.78 is 19.0. The molecular weight excluding hydrogens is 367 g/mol. The Labute approximate surface area is 163 Å². The van der Waals surface area contributed by atoms with Crippen LogP contribution in [0, 0.1) is 5.82 Å². The van der Waals surface area contributed by atoms with Crippen molar-refractivity contribution in [3.05, 3.63) is 82.3 Å². The molecule has 2 aromatic rings. The average molecular weight is 389 g/mol. The number of rotatable bonds is 7. The Morgan fingerprint density at radius 1 is 1.22 bits per heavy atom. The van der Waals surface area contributed by atoms with Crippen LogP contribution in [0.25, 0.3) is 5.70 Å². The number of hydrazine groups is 1. The molecule has 27 heavy (non-hydrogen) atoms. The third-order valence-corrected chi connectivity index (χ3v) is 4.73. The van der Waals surface area contributed by atoms with E-state index in [1.54, 1.807) is 12.1 Å². The third-order valence-electron chi connectivity index (χ3n) is 4.36. The highest BCUT2D eigenvalue weighted by Gasteiger charge is 2.14. The largest absolute Gasteiger partial charge is 0.494 e. The fraction of sp³-hybridized carbons (Fsp3) is 0.238. The van der Waals surface area contributed by atoms with Crippen LogP contribution < -0.4 is 10.2 Å². The number of halogens is 2. The molecule has 0 fully saturated rings. The van der Waals surface area contributed by atoms with Gasteiger partial charge in [0.2, 0.25) is 0 Å². The van der Waals surface area contributed by atoms with Gasteiger partial charge in [0, 0.05) is 23.3 Å². The predicted molar refractivity (Wildman–Crippen MR) is 106 cm³/mol. The second kappa shape index (κ2) is 8.93. The number of aliphatic hydroxyl groups excluding tert-OH is 1. The number of aryl methyl sites for hydroxylation is 1. The summed E-state index contributed by atoms with van der Waals surface area (Å²) in [5, 5.41) is 12.2. The molecule has 0 aromatic heterocycles. The normalized spacial score (nSPS) is 13.7. The number of nitrogens with one attached hydrogen (secondary N) is 1. The van der Waals surface area contributed by atoms with Gasteiger partial charge >= 0.3 is 0 Å². The molecule has 6 heteroatoms. The van der Waals surface area contributed by atoms with Gasteiger partial charge in [-0.2, -0.15) is 0 Å². The Morgan fingerprint density at radius 2 is 2.04 bits per heavy atom. The molecule has 4 nitrogen and oxygen atoms in total. The van der Waals surface area contributed by atoms with E-state index in [-0.39, 0.29) is 12.4 Å². The van der Waals surface area contributed by atoms with Crippen LogP contribution in [-0.4, -0.2) is 30.4 Å². The van der Waals surface area contributed by atoms with Crippen molar-refractivity contribution in [1.29, 1.82) is 0 Å². The molecule has 0 aliphatic carbocycles. The van der Waals surface area contributed by atoms with E-state index in [0.29, 0.717) is 12.1 Å². The lowest BCUT2D eigenvalue weighted by molar-refractivity contribution is 0.295. The summed E-state index contributed by atoms with van der Waals surface area (Å²) >= 11 is 6.21. The van der Waals surface area contributed by atoms with Gasteiger partial charge in [0.05, 0.1) is 19.4 Å². The zero-order valence-corrected chi connectivity index (χ0v) is 15.8. The Balaban J connectivity index is 1.68. The van der Waals surface area contributed by atoms with E-state index in [1.165, 1.54) is 13.2 Å². The lowest BCUT2D eigenvalue weighted by Gasteiger charge is -2.29. The second-order valence-corrected chi connectivity index (χ2v) is 6.68. The Bertz CT molecular complexity index is 867. The molecule has 0 unspecified atom stereocenters. The molecule has 1 aliphatic rings. The first-order valence-electron chi connectivity index (χ1n) is 8.74. The number of aliphatic hydroxyl groups is 1. The number of hydrogen-bond donors (Lipinski definition) is 2. The van der Waals surface area contributed by atoms with Gasteiger partial charge in [-0.1, -0.05) is 29.8 Å². The quantitative estimate of drug-likeness (QED) is 0.747. The average Bonchev–Trinajstić information content (AvgIpc) is 2.69. The topological polar surface area (TPSA) is 44.7 Å². The van der Waals surface area contributed by atoms with Gasteiger partial charge in [-0.15, -0.1) is 0 Å². The van der Waals surface area contributed by atoms with Crippen molar-refractivity contribution in [3.63, 3.8) is 0 Å². The molecule has 0 saturated heterocycles. The summed E-state index contributed by atoms with van der Waals surface area (Å²) in [6, 6.07) is 12.6. The molecule has 1 heterocycles. The SMILES string of the molecule is COc1ccc(C2=CC(CO)=CN(CCCc3ccccc3Cl)N2)cc1F. The minimum atomic E-state index is -0.428. The van der Waals surface area contributed by atoms with Crippen molar-refractivity contribution in [3.8, 4) is 5.75 Å². The van der Waals surface area contributed by atoms with Gasteiger partial charge in [0.1, 0.15) is 0 Å². The Kier molecular flexibility index (Phi) is 6.37. The second-order valence-electron chi connectivity index (χ2n) is 6.27. The van der Waals surface area contributed by atoms with Gasteiger partial charge in [-0.25, -0.2) is 4.39 Å². The zero-order valence-electron chi connectivity index (χ0n) is 15.1. The molecule has 0 spiro atoms. The van der Waals surface area contributed by atoms with Gasteiger partial charge in [0.15, 0.2) is 11.6 Å². The minimum Gasteiger partial charge on any atom is -0.494 e. The van der Waals surface area contributed by atoms with Crippen LogP contribution in [0.3, 0.4) is 0 Å². The molecule has 0 bridgehead atoms. The summed E-state index contributed by atoms with van der Waals surface area (Å²) in [7, 11) is 1.43. The van der Waals surface area contributed by atoms with Crippen LogP contribution in [0.5, 0.6) is 5.75 Å². The first-order chi connectivity index (χ1) is 13.1. The van der Waals surface area contributed by atoms with Crippen LogP contribution >= 0.6 is 11.6 Å². The van der Waals surface area contributed by atoms with E-state index in [9.17, 15) is 9.50 Å². The maximum atomic E-state index is 14.0. The van der Waals surface area contributed by atoms with Crippen LogP contribution in [0.15, 0.2) is 60.3 Å². The van der Waals surface area contributed by atoms with E-state index < -0.39 is 5.82 Å². The smallest absolute Gasteiger partial charge is 0.165 e. The zero-order chi connectivity index (χ0) is 19.2. The Morgan fingerprint density at radius 3 is 2.74 bits per heavy atom. The molecule has 0 atom stereocenters. The van der Waals surface area contributed by atoms with Crippen molar-refractivity contribution in [1.82, 2.24) is 10.4 Å². The fourth-order valence-corrected chi connectivity index (χ4v) is 3.20. The van der Waals surface area contributed by atoms with Gasteiger partial charge in [0.25, 0.3) is 0 Å². The van der Waals surface area contributed by atoms with E-state index in [1.807, 2.05) is 41.6 Å². The van der Waals surface area contributed by atoms with Crippen LogP contribution in [0.2, 0.25) is 5.02 Å². The lowest BCUT2D eigenvalue weighted by Crippen LogP contribution is -2.36. The van der Waals surface area contributed by atoms with Crippen molar-refractivity contribution < 1.29 is 14.2 Å². The van der Waals surface area contributed by atoms with Crippen LogP contribution in [0.4, 0.5) is 4.39 Å². The number of ether oxygens (including phenoxy) is 1. The molecule has 0 amide bonds. The van der Waals surface area contributed by atoms with Crippen molar-refractivity contribution >= 4 is 17.3 Å². The highest BCUT2D eigenvalue weighted by Crippen LogP contribution is 2.24. The molecule has 142 valence electrons. The van der Waals surface area contributed by atoms with Crippen molar-refractivity contribution in [2.75, 3.05) is 20.3 Å². The first-order valence-corrected chi connectivity index (χ1v) is 9.12. The van der Waals surface area contributed by atoms with Gasteiger partial charge in [-0.3, -0.25) is 10.4 Å². The van der Waals surface area contributed by atoms with Gasteiger partial charge < -0.3 is 9.84 Å². The molecule has 2 aromatic carbocycles. The highest BCUT2D eigenvalue weighted by molar-refractivity contribution is 6.31. The highest BCUT2D eigenvalue weighted by atomic mass is 35.5. The van der Waals surface area contributed by atoms with Crippen LogP contribution in [-0.2, 0) is 6.42 Å². The summed E-state index contributed by atoms with van der Waals surface area (Å²) in [4.78, 5) is 0. The van der Waals surface area contributed by atoms with Crippen LogP contribution in [0.1, 0.15) is 17.5 Å². The molecule has 2 N–H and O–H groups in total. The maximum Gasteiger partial charge on any atom is 0.165 e. The number of hydrogen-bond acceptors (Lipinski definition) is 4. The first kappa shape index (κ1) is 19.3. The van der Waals surface area contributed by atoms with Crippen molar-refractivity contribution in [2.45, 2.75) is 12.8 Å². The molecule has 0 saturated carbocycles. The maximum absolute atomic E-state index is 14.0. The van der Waals surface area contributed by atoms with E-state index in [2.05, 4.69) is 5.43 Å². The summed E-state index contributed by atoms with van der Waals surface area (Å²) in [5.74, 6) is -0.229. The minimum absolute atomic E-state index is 0.0924. The fourth-order valence-electron chi connectivity index (χ4n) is 2.97. The summed E-state index contributed by atoms with van der Waals surface area (Å²) in [5.41, 5.74) is 6.53. The molecule has 1 aliphatic heterocycles. The van der Waals surface area contributed by atoms with E-state index in [4.69, 9.17) is 16.3 Å². The lowest BCUT2D eigenvalue weighted by atomic mass is 10.1. The summed E-state index contributed by atoms with van der Waals surface area (Å²) in [6.45, 7) is 0.621. The van der Waals surface area contributed by atoms with E-state index in [0.717, 1.165) is 34.7 Å². The molecular formula is C21H22ClFN2O2. The number of methoxy groups -OCH3 is 1. The predicted octanol–water partition coefficient (Wildman–Crippen LogP) is 4.16. The molecule has 3 rings (SSSR count). The third kappa shape index (κ3) is 4.81. The van der Waals surface area contributed by atoms with E-state index >= 15 is 0 Å². The monoisotopic (exact) mass is 388 g/mol. The number of nitrogens with zero attached hydrogens (tertiary/aromatic N) is 1. The molecule has 0 radical (unpaired) electrons. The Hall–Kier alpha value is -2.50. The number of benzene rings is 2. The van der Waals surface area contributed by atoms with Gasteiger partial charge in [-0.05, 0) is 54.3 Å². The summed E-state index contributed by atoms with van der Waals surface area (Å²) in [6.07, 6.45) is 5.38.